The van der Waals surface area contributed by atoms with Gasteiger partial charge in [0.25, 0.3) is 0 Å². The fourth-order valence-electron chi connectivity index (χ4n) is 3.40. The third-order valence-corrected chi connectivity index (χ3v) is 6.54. The van der Waals surface area contributed by atoms with Crippen molar-refractivity contribution in [2.75, 3.05) is 18.0 Å². The first kappa shape index (κ1) is 14.3. The summed E-state index contributed by atoms with van der Waals surface area (Å²) < 4.78 is 0. The summed E-state index contributed by atoms with van der Waals surface area (Å²) in [5, 5.41) is 10.7. The Kier molecular flexibility index (Phi) is 4.04. The molecular formula is C16H26N2OS. The summed E-state index contributed by atoms with van der Waals surface area (Å²) >= 11 is 1.71. The zero-order chi connectivity index (χ0) is 14.2. The number of rotatable bonds is 5. The molecule has 2 fully saturated rings. The van der Waals surface area contributed by atoms with E-state index >= 15 is 0 Å². The standard InChI is InChI=1S/C16H26N2OS/c1-3-16(4-2)7-9-18(10-8-16)15-17-14(12-5-6-12)13(11-19)20-15/h12,19H,3-11H2,1-2H3. The second-order valence-corrected chi connectivity index (χ2v) is 7.49. The average Bonchev–Trinajstić information content (AvgIpc) is 3.26. The number of hydrogen-bond donors (Lipinski definition) is 1. The van der Waals surface area contributed by atoms with E-state index in [2.05, 4.69) is 18.7 Å². The van der Waals surface area contributed by atoms with Crippen molar-refractivity contribution in [2.45, 2.75) is 64.9 Å². The third kappa shape index (κ3) is 2.60. The molecule has 1 aliphatic heterocycles. The Bertz CT molecular complexity index is 453. The molecule has 112 valence electrons. The van der Waals surface area contributed by atoms with Crippen LogP contribution in [0, 0.1) is 5.41 Å². The molecule has 0 unspecified atom stereocenters. The molecule has 0 radical (unpaired) electrons. The van der Waals surface area contributed by atoms with Crippen LogP contribution in [0.4, 0.5) is 5.13 Å². The number of anilines is 1. The van der Waals surface area contributed by atoms with Gasteiger partial charge in [-0.1, -0.05) is 38.0 Å². The molecule has 3 nitrogen and oxygen atoms in total. The van der Waals surface area contributed by atoms with E-state index in [1.165, 1.54) is 44.2 Å². The first-order valence-corrected chi connectivity index (χ1v) is 8.88. The zero-order valence-corrected chi connectivity index (χ0v) is 13.5. The number of aliphatic hydroxyl groups is 1. The summed E-state index contributed by atoms with van der Waals surface area (Å²) in [7, 11) is 0. The SMILES string of the molecule is CCC1(CC)CCN(c2nc(C3CC3)c(CO)s2)CC1. The molecule has 4 heteroatoms. The number of piperidine rings is 1. The Morgan fingerprint density at radius 1 is 1.25 bits per heavy atom. The molecule has 0 bridgehead atoms. The van der Waals surface area contributed by atoms with Crippen molar-refractivity contribution < 1.29 is 5.11 Å². The van der Waals surface area contributed by atoms with Crippen molar-refractivity contribution in [1.29, 1.82) is 0 Å². The topological polar surface area (TPSA) is 36.4 Å². The minimum absolute atomic E-state index is 0.158. The Balaban J connectivity index is 1.71. The lowest BCUT2D eigenvalue weighted by molar-refractivity contribution is 0.199. The van der Waals surface area contributed by atoms with Gasteiger partial charge in [0.1, 0.15) is 0 Å². The highest BCUT2D eigenvalue weighted by Gasteiger charge is 2.34. The molecular weight excluding hydrogens is 268 g/mol. The summed E-state index contributed by atoms with van der Waals surface area (Å²) in [5.74, 6) is 0.636. The summed E-state index contributed by atoms with van der Waals surface area (Å²) in [6.45, 7) is 7.08. The first-order valence-electron chi connectivity index (χ1n) is 8.06. The number of aromatic nitrogens is 1. The van der Waals surface area contributed by atoms with E-state index in [-0.39, 0.29) is 6.61 Å². The predicted octanol–water partition coefficient (Wildman–Crippen LogP) is 3.92. The minimum atomic E-state index is 0.158. The van der Waals surface area contributed by atoms with Crippen molar-refractivity contribution in [3.05, 3.63) is 10.6 Å². The largest absolute Gasteiger partial charge is 0.391 e. The summed E-state index contributed by atoms with van der Waals surface area (Å²) in [6.07, 6.45) is 7.67. The molecule has 1 N–H and O–H groups in total. The van der Waals surface area contributed by atoms with Gasteiger partial charge in [-0.25, -0.2) is 4.98 Å². The van der Waals surface area contributed by atoms with E-state index in [0.29, 0.717) is 11.3 Å². The van der Waals surface area contributed by atoms with Gasteiger partial charge in [-0.05, 0) is 31.1 Å². The van der Waals surface area contributed by atoms with Crippen LogP contribution in [0.2, 0.25) is 0 Å². The van der Waals surface area contributed by atoms with Crippen molar-refractivity contribution in [1.82, 2.24) is 4.98 Å². The molecule has 1 saturated heterocycles. The summed E-state index contributed by atoms with van der Waals surface area (Å²) in [4.78, 5) is 8.40. The summed E-state index contributed by atoms with van der Waals surface area (Å²) in [6, 6.07) is 0. The molecule has 2 aliphatic rings. The molecule has 1 aromatic heterocycles. The molecule has 1 saturated carbocycles. The monoisotopic (exact) mass is 294 g/mol. The molecule has 20 heavy (non-hydrogen) atoms. The molecule has 0 atom stereocenters. The second-order valence-electron chi connectivity index (χ2n) is 6.43. The number of nitrogens with zero attached hydrogens (tertiary/aromatic N) is 2. The van der Waals surface area contributed by atoms with Gasteiger partial charge in [0, 0.05) is 19.0 Å². The van der Waals surface area contributed by atoms with Crippen LogP contribution < -0.4 is 4.90 Å². The van der Waals surface area contributed by atoms with Crippen molar-refractivity contribution in [3.8, 4) is 0 Å². The molecule has 0 aromatic carbocycles. The number of thiazole rings is 1. The molecule has 1 aromatic rings. The fraction of sp³-hybridized carbons (Fsp3) is 0.812. The molecule has 0 spiro atoms. The van der Waals surface area contributed by atoms with E-state index in [1.807, 2.05) is 0 Å². The van der Waals surface area contributed by atoms with E-state index < -0.39 is 0 Å². The van der Waals surface area contributed by atoms with Crippen LogP contribution in [-0.4, -0.2) is 23.2 Å². The van der Waals surface area contributed by atoms with E-state index in [9.17, 15) is 5.11 Å². The van der Waals surface area contributed by atoms with Gasteiger partial charge in [0.05, 0.1) is 17.2 Å². The number of aliphatic hydroxyl groups excluding tert-OH is 1. The van der Waals surface area contributed by atoms with Crippen LogP contribution >= 0.6 is 11.3 Å². The maximum Gasteiger partial charge on any atom is 0.185 e. The van der Waals surface area contributed by atoms with Crippen LogP contribution in [0.1, 0.15) is 68.9 Å². The fourth-order valence-corrected chi connectivity index (χ4v) is 4.46. The van der Waals surface area contributed by atoms with Crippen LogP contribution in [0.3, 0.4) is 0 Å². The zero-order valence-electron chi connectivity index (χ0n) is 12.7. The van der Waals surface area contributed by atoms with E-state index in [1.54, 1.807) is 11.3 Å². The van der Waals surface area contributed by atoms with Crippen LogP contribution in [0.15, 0.2) is 0 Å². The first-order chi connectivity index (χ1) is 9.71. The molecule has 1 aliphatic carbocycles. The van der Waals surface area contributed by atoms with E-state index in [0.717, 1.165) is 23.1 Å². The predicted molar refractivity (Wildman–Crippen MR) is 84.5 cm³/mol. The van der Waals surface area contributed by atoms with Crippen molar-refractivity contribution >= 4 is 16.5 Å². The highest BCUT2D eigenvalue weighted by atomic mass is 32.1. The highest BCUT2D eigenvalue weighted by molar-refractivity contribution is 7.15. The minimum Gasteiger partial charge on any atom is -0.391 e. The lowest BCUT2D eigenvalue weighted by Crippen LogP contribution is -2.39. The van der Waals surface area contributed by atoms with Crippen molar-refractivity contribution in [2.24, 2.45) is 5.41 Å². The maximum absolute atomic E-state index is 9.52. The highest BCUT2D eigenvalue weighted by Crippen LogP contribution is 2.45. The van der Waals surface area contributed by atoms with E-state index in [4.69, 9.17) is 4.98 Å². The molecule has 2 heterocycles. The summed E-state index contributed by atoms with van der Waals surface area (Å²) in [5.41, 5.74) is 1.75. The smallest absolute Gasteiger partial charge is 0.185 e. The quantitative estimate of drug-likeness (QED) is 0.894. The molecule has 0 amide bonds. The normalized spacial score (nSPS) is 22.2. The van der Waals surface area contributed by atoms with Crippen LogP contribution in [-0.2, 0) is 6.61 Å². The van der Waals surface area contributed by atoms with Gasteiger partial charge >= 0.3 is 0 Å². The van der Waals surface area contributed by atoms with Crippen LogP contribution in [0.25, 0.3) is 0 Å². The Hall–Kier alpha value is -0.610. The Morgan fingerprint density at radius 3 is 2.40 bits per heavy atom. The number of hydrogen-bond acceptors (Lipinski definition) is 4. The third-order valence-electron chi connectivity index (χ3n) is 5.42. The van der Waals surface area contributed by atoms with Gasteiger partial charge in [0.2, 0.25) is 0 Å². The Morgan fingerprint density at radius 2 is 1.90 bits per heavy atom. The molecule has 3 rings (SSSR count). The maximum atomic E-state index is 9.52. The van der Waals surface area contributed by atoms with Gasteiger partial charge < -0.3 is 10.0 Å². The average molecular weight is 294 g/mol. The van der Waals surface area contributed by atoms with Crippen LogP contribution in [0.5, 0.6) is 0 Å². The Labute approximate surface area is 126 Å². The lowest BCUT2D eigenvalue weighted by Gasteiger charge is -2.41. The van der Waals surface area contributed by atoms with Gasteiger partial charge in [-0.3, -0.25) is 0 Å². The van der Waals surface area contributed by atoms with Gasteiger partial charge in [0.15, 0.2) is 5.13 Å². The lowest BCUT2D eigenvalue weighted by atomic mass is 9.74. The van der Waals surface area contributed by atoms with Gasteiger partial charge in [-0.2, -0.15) is 0 Å². The van der Waals surface area contributed by atoms with Crippen molar-refractivity contribution in [3.63, 3.8) is 0 Å². The second kappa shape index (κ2) is 5.64. The van der Waals surface area contributed by atoms with Gasteiger partial charge in [-0.15, -0.1) is 0 Å².